The molecule has 0 saturated heterocycles. The van der Waals surface area contributed by atoms with Crippen LogP contribution in [-0.4, -0.2) is 25.8 Å². The van der Waals surface area contributed by atoms with Crippen LogP contribution in [0.2, 0.25) is 0 Å². The van der Waals surface area contributed by atoms with Crippen LogP contribution in [0, 0.1) is 0 Å². The van der Waals surface area contributed by atoms with Gasteiger partial charge in [0.25, 0.3) is 5.91 Å². The van der Waals surface area contributed by atoms with Gasteiger partial charge in [-0.15, -0.1) is 0 Å². The molecule has 0 aliphatic rings. The maximum atomic E-state index is 12.5. The fourth-order valence-electron chi connectivity index (χ4n) is 2.63. The molecule has 1 N–H and O–H groups in total. The topological polar surface area (TPSA) is 85.8 Å². The van der Waals surface area contributed by atoms with Crippen molar-refractivity contribution in [2.75, 3.05) is 0 Å². The number of benzene rings is 1. The summed E-state index contributed by atoms with van der Waals surface area (Å²) in [7, 11) is 0. The van der Waals surface area contributed by atoms with Gasteiger partial charge in [0.1, 0.15) is 18.4 Å². The molecule has 0 aliphatic carbocycles. The molecule has 2 aromatic heterocycles. The van der Waals surface area contributed by atoms with Crippen LogP contribution in [-0.2, 0) is 13.0 Å². The zero-order valence-electron chi connectivity index (χ0n) is 14.1. The van der Waals surface area contributed by atoms with Crippen molar-refractivity contribution in [2.24, 2.45) is 0 Å². The van der Waals surface area contributed by atoms with E-state index in [1.54, 1.807) is 17.1 Å². The van der Waals surface area contributed by atoms with Crippen LogP contribution >= 0.6 is 0 Å². The molecule has 25 heavy (non-hydrogen) atoms. The zero-order valence-corrected chi connectivity index (χ0v) is 14.1. The molecule has 7 nitrogen and oxygen atoms in total. The van der Waals surface area contributed by atoms with Crippen molar-refractivity contribution in [1.29, 1.82) is 0 Å². The number of hydrogen-bond acceptors (Lipinski definition) is 5. The Bertz CT molecular complexity index is 783. The van der Waals surface area contributed by atoms with Gasteiger partial charge in [0.15, 0.2) is 5.69 Å². The van der Waals surface area contributed by atoms with Crippen LogP contribution < -0.4 is 5.32 Å². The summed E-state index contributed by atoms with van der Waals surface area (Å²) in [6, 6.07) is 11.4. The van der Waals surface area contributed by atoms with Gasteiger partial charge in [-0.2, -0.15) is 5.10 Å². The van der Waals surface area contributed by atoms with Gasteiger partial charge in [-0.05, 0) is 18.4 Å². The van der Waals surface area contributed by atoms with Crippen LogP contribution in [0.5, 0.6) is 0 Å². The van der Waals surface area contributed by atoms with Gasteiger partial charge in [-0.3, -0.25) is 9.48 Å². The second kappa shape index (κ2) is 8.23. The second-order valence-electron chi connectivity index (χ2n) is 5.81. The SMILES string of the molecule is CCCc1cc(C(=O)N[C@@H](CCn2cncn2)c2ccccc2)no1. The van der Waals surface area contributed by atoms with E-state index in [2.05, 4.69) is 27.5 Å². The van der Waals surface area contributed by atoms with Crippen LogP contribution in [0.3, 0.4) is 0 Å². The first kappa shape index (κ1) is 16.9. The fourth-order valence-corrected chi connectivity index (χ4v) is 2.63. The van der Waals surface area contributed by atoms with Crippen molar-refractivity contribution in [1.82, 2.24) is 25.2 Å². The lowest BCUT2D eigenvalue weighted by Gasteiger charge is -2.18. The number of aromatic nitrogens is 4. The molecule has 0 spiro atoms. The Labute approximate surface area is 146 Å². The number of hydrogen-bond donors (Lipinski definition) is 1. The van der Waals surface area contributed by atoms with Crippen molar-refractivity contribution < 1.29 is 9.32 Å². The molecule has 3 rings (SSSR count). The van der Waals surface area contributed by atoms with Crippen LogP contribution in [0.1, 0.15) is 47.6 Å². The van der Waals surface area contributed by atoms with Crippen molar-refractivity contribution >= 4 is 5.91 Å². The van der Waals surface area contributed by atoms with Gasteiger partial charge in [-0.25, -0.2) is 4.98 Å². The van der Waals surface area contributed by atoms with E-state index < -0.39 is 0 Å². The van der Waals surface area contributed by atoms with Crippen molar-refractivity contribution in [3.8, 4) is 0 Å². The summed E-state index contributed by atoms with van der Waals surface area (Å²) >= 11 is 0. The maximum absolute atomic E-state index is 12.5. The van der Waals surface area contributed by atoms with Crippen molar-refractivity contribution in [2.45, 2.75) is 38.8 Å². The molecule has 0 unspecified atom stereocenters. The van der Waals surface area contributed by atoms with E-state index in [4.69, 9.17) is 4.52 Å². The maximum Gasteiger partial charge on any atom is 0.273 e. The van der Waals surface area contributed by atoms with Crippen LogP contribution in [0.4, 0.5) is 0 Å². The smallest absolute Gasteiger partial charge is 0.273 e. The summed E-state index contributed by atoms with van der Waals surface area (Å²) in [5, 5.41) is 11.0. The summed E-state index contributed by atoms with van der Waals surface area (Å²) < 4.78 is 6.95. The Kier molecular flexibility index (Phi) is 5.56. The minimum atomic E-state index is -0.237. The molecule has 0 bridgehead atoms. The minimum absolute atomic E-state index is 0.149. The molecular weight excluding hydrogens is 318 g/mol. The van der Waals surface area contributed by atoms with E-state index in [1.165, 1.54) is 6.33 Å². The molecule has 1 amide bonds. The lowest BCUT2D eigenvalue weighted by atomic mass is 10.0. The average molecular weight is 339 g/mol. The highest BCUT2D eigenvalue weighted by Gasteiger charge is 2.18. The number of rotatable bonds is 8. The number of nitrogens with one attached hydrogen (secondary N) is 1. The first-order chi connectivity index (χ1) is 12.3. The first-order valence-corrected chi connectivity index (χ1v) is 8.40. The van der Waals surface area contributed by atoms with E-state index in [0.717, 1.165) is 24.2 Å². The average Bonchev–Trinajstić information content (AvgIpc) is 3.31. The Morgan fingerprint density at radius 2 is 2.16 bits per heavy atom. The molecule has 130 valence electrons. The van der Waals surface area contributed by atoms with Crippen LogP contribution in [0.25, 0.3) is 0 Å². The summed E-state index contributed by atoms with van der Waals surface area (Å²) in [4.78, 5) is 16.5. The van der Waals surface area contributed by atoms with Crippen molar-refractivity contribution in [3.63, 3.8) is 0 Å². The molecule has 1 aromatic carbocycles. The van der Waals surface area contributed by atoms with E-state index in [0.29, 0.717) is 18.7 Å². The standard InChI is InChI=1S/C18H21N5O2/c1-2-6-15-11-17(22-25-15)18(24)21-16(14-7-4-3-5-8-14)9-10-23-13-19-12-20-23/h3-5,7-8,11-13,16H,2,6,9-10H2,1H3,(H,21,24)/t16-/m0/s1. The number of amides is 1. The summed E-state index contributed by atoms with van der Waals surface area (Å²) in [5.74, 6) is 0.491. The third-order valence-electron chi connectivity index (χ3n) is 3.91. The highest BCUT2D eigenvalue weighted by Crippen LogP contribution is 2.18. The lowest BCUT2D eigenvalue weighted by molar-refractivity contribution is 0.0924. The van der Waals surface area contributed by atoms with E-state index >= 15 is 0 Å². The number of carbonyl (C=O) groups is 1. The monoisotopic (exact) mass is 339 g/mol. The highest BCUT2D eigenvalue weighted by molar-refractivity contribution is 5.92. The Morgan fingerprint density at radius 1 is 1.32 bits per heavy atom. The number of carbonyl (C=O) groups excluding carboxylic acids is 1. The fraction of sp³-hybridized carbons (Fsp3) is 0.333. The van der Waals surface area contributed by atoms with Crippen molar-refractivity contribution in [3.05, 3.63) is 66.1 Å². The largest absolute Gasteiger partial charge is 0.361 e. The summed E-state index contributed by atoms with van der Waals surface area (Å²) in [6.45, 7) is 2.71. The quantitative estimate of drug-likeness (QED) is 0.682. The van der Waals surface area contributed by atoms with Gasteiger partial charge in [0.2, 0.25) is 0 Å². The predicted octanol–water partition coefficient (Wildman–Crippen LogP) is 2.78. The third-order valence-corrected chi connectivity index (χ3v) is 3.91. The molecular formula is C18H21N5O2. The molecule has 0 fully saturated rings. The molecule has 2 heterocycles. The first-order valence-electron chi connectivity index (χ1n) is 8.40. The number of nitrogens with zero attached hydrogens (tertiary/aromatic N) is 4. The van der Waals surface area contributed by atoms with Gasteiger partial charge in [0, 0.05) is 19.0 Å². The molecule has 0 aliphatic heterocycles. The van der Waals surface area contributed by atoms with Gasteiger partial charge < -0.3 is 9.84 Å². The number of aryl methyl sites for hydroxylation is 2. The lowest BCUT2D eigenvalue weighted by Crippen LogP contribution is -2.29. The van der Waals surface area contributed by atoms with E-state index in [-0.39, 0.29) is 11.9 Å². The summed E-state index contributed by atoms with van der Waals surface area (Å²) in [5.41, 5.74) is 1.35. The van der Waals surface area contributed by atoms with Gasteiger partial charge in [-0.1, -0.05) is 42.4 Å². The van der Waals surface area contributed by atoms with Gasteiger partial charge in [0.05, 0.1) is 6.04 Å². The molecule has 7 heteroatoms. The molecule has 3 aromatic rings. The zero-order chi connectivity index (χ0) is 17.5. The van der Waals surface area contributed by atoms with Gasteiger partial charge >= 0.3 is 0 Å². The normalized spacial score (nSPS) is 12.0. The molecule has 0 radical (unpaired) electrons. The Hall–Kier alpha value is -2.96. The Balaban J connectivity index is 1.70. The minimum Gasteiger partial charge on any atom is -0.361 e. The van der Waals surface area contributed by atoms with E-state index in [9.17, 15) is 4.79 Å². The molecule has 1 atom stereocenters. The second-order valence-corrected chi connectivity index (χ2v) is 5.81. The summed E-state index contributed by atoms with van der Waals surface area (Å²) in [6.07, 6.45) is 5.58. The predicted molar refractivity (Wildman–Crippen MR) is 91.8 cm³/mol. The Morgan fingerprint density at radius 3 is 2.88 bits per heavy atom. The van der Waals surface area contributed by atoms with Crippen LogP contribution in [0.15, 0.2) is 53.6 Å². The van der Waals surface area contributed by atoms with E-state index in [1.807, 2.05) is 30.3 Å². The highest BCUT2D eigenvalue weighted by atomic mass is 16.5. The molecule has 0 saturated carbocycles. The third kappa shape index (κ3) is 4.53.